The maximum atomic E-state index is 5.79. The summed E-state index contributed by atoms with van der Waals surface area (Å²) in [6.07, 6.45) is 5.80. The van der Waals surface area contributed by atoms with Crippen LogP contribution in [0.3, 0.4) is 0 Å². The third-order valence-electron chi connectivity index (χ3n) is 5.70. The van der Waals surface area contributed by atoms with Crippen LogP contribution in [0.1, 0.15) is 38.2 Å². The molecular weight excluding hydrogens is 477 g/mol. The number of aliphatic imine (C=N–C) groups is 1. The molecule has 2 heterocycles. The number of ether oxygens (including phenoxy) is 2. The van der Waals surface area contributed by atoms with Crippen molar-refractivity contribution in [2.45, 2.75) is 39.0 Å². The Labute approximate surface area is 193 Å². The molecule has 5 nitrogen and oxygen atoms in total. The van der Waals surface area contributed by atoms with Gasteiger partial charge in [0, 0.05) is 45.3 Å². The number of guanidine groups is 1. The Morgan fingerprint density at radius 2 is 1.97 bits per heavy atom. The van der Waals surface area contributed by atoms with E-state index in [0.29, 0.717) is 5.92 Å². The second kappa shape index (κ2) is 14.2. The Balaban J connectivity index is 0.00000300. The molecule has 0 spiro atoms. The first-order valence-electron chi connectivity index (χ1n) is 11.1. The van der Waals surface area contributed by atoms with Crippen molar-refractivity contribution in [3.63, 3.8) is 0 Å². The van der Waals surface area contributed by atoms with Gasteiger partial charge in [0.25, 0.3) is 0 Å². The number of hydrogen-bond acceptors (Lipinski definition) is 3. The molecule has 1 unspecified atom stereocenters. The molecule has 0 amide bonds. The number of halogens is 1. The molecule has 0 bridgehead atoms. The highest BCUT2D eigenvalue weighted by Crippen LogP contribution is 2.21. The first-order valence-corrected chi connectivity index (χ1v) is 11.1. The number of rotatable bonds is 9. The minimum Gasteiger partial charge on any atom is -0.381 e. The summed E-state index contributed by atoms with van der Waals surface area (Å²) in [7, 11) is 0. The van der Waals surface area contributed by atoms with Gasteiger partial charge >= 0.3 is 0 Å². The van der Waals surface area contributed by atoms with Gasteiger partial charge in [0.1, 0.15) is 0 Å². The van der Waals surface area contributed by atoms with Crippen molar-refractivity contribution in [3.05, 3.63) is 35.9 Å². The van der Waals surface area contributed by atoms with Crippen LogP contribution in [0.5, 0.6) is 0 Å². The lowest BCUT2D eigenvalue weighted by Crippen LogP contribution is -2.46. The maximum Gasteiger partial charge on any atom is 0.193 e. The van der Waals surface area contributed by atoms with Crippen LogP contribution in [-0.4, -0.2) is 63.5 Å². The van der Waals surface area contributed by atoms with Crippen LogP contribution in [0.15, 0.2) is 35.3 Å². The van der Waals surface area contributed by atoms with Gasteiger partial charge in [-0.15, -0.1) is 24.0 Å². The summed E-state index contributed by atoms with van der Waals surface area (Å²) in [6, 6.07) is 10.9. The Bertz CT molecular complexity index is 571. The van der Waals surface area contributed by atoms with Crippen LogP contribution in [0.25, 0.3) is 0 Å². The molecule has 2 aliphatic rings. The molecule has 0 aromatic heterocycles. The molecule has 0 radical (unpaired) electrons. The summed E-state index contributed by atoms with van der Waals surface area (Å²) in [5.74, 6) is 2.46. The van der Waals surface area contributed by atoms with Gasteiger partial charge in [-0.25, -0.2) is 0 Å². The van der Waals surface area contributed by atoms with Crippen molar-refractivity contribution >= 4 is 29.9 Å². The van der Waals surface area contributed by atoms with Gasteiger partial charge in [-0.3, -0.25) is 4.99 Å². The van der Waals surface area contributed by atoms with Gasteiger partial charge in [0.15, 0.2) is 5.96 Å². The molecular formula is C23H38IN3O2. The number of benzene rings is 1. The molecule has 0 aliphatic carbocycles. The van der Waals surface area contributed by atoms with Crippen molar-refractivity contribution in [1.29, 1.82) is 0 Å². The van der Waals surface area contributed by atoms with E-state index in [4.69, 9.17) is 14.5 Å². The number of nitrogens with one attached hydrogen (secondary N) is 1. The summed E-state index contributed by atoms with van der Waals surface area (Å²) >= 11 is 0. The van der Waals surface area contributed by atoms with Gasteiger partial charge in [0.2, 0.25) is 0 Å². The minimum atomic E-state index is 0. The van der Waals surface area contributed by atoms with Gasteiger partial charge in [-0.1, -0.05) is 30.3 Å². The SMILES string of the molecule is CCNC(=NCCCOCC1CCOC1)N1CCC(Cc2ccccc2)CC1.I. The summed E-state index contributed by atoms with van der Waals surface area (Å²) in [5, 5.41) is 3.47. The predicted octanol–water partition coefficient (Wildman–Crippen LogP) is 3.97. The molecule has 6 heteroatoms. The Kier molecular flexibility index (Phi) is 12.0. The Hall–Kier alpha value is -0.860. The topological polar surface area (TPSA) is 46.1 Å². The fourth-order valence-electron chi connectivity index (χ4n) is 4.04. The van der Waals surface area contributed by atoms with E-state index in [0.717, 1.165) is 77.3 Å². The number of hydrogen-bond donors (Lipinski definition) is 1. The zero-order chi connectivity index (χ0) is 19.4. The van der Waals surface area contributed by atoms with E-state index in [1.54, 1.807) is 0 Å². The zero-order valence-corrected chi connectivity index (χ0v) is 20.2. The molecule has 2 aliphatic heterocycles. The van der Waals surface area contributed by atoms with Crippen LogP contribution >= 0.6 is 24.0 Å². The monoisotopic (exact) mass is 515 g/mol. The van der Waals surface area contributed by atoms with E-state index in [9.17, 15) is 0 Å². The third kappa shape index (κ3) is 8.80. The summed E-state index contributed by atoms with van der Waals surface area (Å²) in [4.78, 5) is 7.27. The summed E-state index contributed by atoms with van der Waals surface area (Å²) in [5.41, 5.74) is 1.46. The molecule has 1 N–H and O–H groups in total. The minimum absolute atomic E-state index is 0. The van der Waals surface area contributed by atoms with Crippen molar-refractivity contribution in [2.24, 2.45) is 16.8 Å². The summed E-state index contributed by atoms with van der Waals surface area (Å²) < 4.78 is 11.2. The highest BCUT2D eigenvalue weighted by molar-refractivity contribution is 14.0. The first kappa shape index (κ1) is 24.4. The van der Waals surface area contributed by atoms with Gasteiger partial charge in [-0.05, 0) is 50.5 Å². The lowest BCUT2D eigenvalue weighted by molar-refractivity contribution is 0.0892. The normalized spacial score (nSPS) is 20.5. The highest BCUT2D eigenvalue weighted by Gasteiger charge is 2.21. The lowest BCUT2D eigenvalue weighted by atomic mass is 9.90. The smallest absolute Gasteiger partial charge is 0.193 e. The molecule has 3 rings (SSSR count). The molecule has 0 saturated carbocycles. The fraction of sp³-hybridized carbons (Fsp3) is 0.696. The van der Waals surface area contributed by atoms with Gasteiger partial charge in [-0.2, -0.15) is 0 Å². The van der Waals surface area contributed by atoms with E-state index in [1.165, 1.54) is 24.8 Å². The highest BCUT2D eigenvalue weighted by atomic mass is 127. The average Bonchev–Trinajstić information content (AvgIpc) is 3.25. The van der Waals surface area contributed by atoms with E-state index in [2.05, 4.69) is 47.5 Å². The molecule has 1 atom stereocenters. The van der Waals surface area contributed by atoms with Crippen LogP contribution in [0.2, 0.25) is 0 Å². The zero-order valence-electron chi connectivity index (χ0n) is 17.9. The fourth-order valence-corrected chi connectivity index (χ4v) is 4.04. The number of nitrogens with zero attached hydrogens (tertiary/aromatic N) is 2. The lowest BCUT2D eigenvalue weighted by Gasteiger charge is -2.34. The average molecular weight is 515 g/mol. The molecule has 1 aromatic carbocycles. The first-order chi connectivity index (χ1) is 13.8. The molecule has 2 saturated heterocycles. The van der Waals surface area contributed by atoms with Gasteiger partial charge in [0.05, 0.1) is 13.2 Å². The largest absolute Gasteiger partial charge is 0.381 e. The van der Waals surface area contributed by atoms with E-state index in [-0.39, 0.29) is 24.0 Å². The second-order valence-electron chi connectivity index (χ2n) is 8.01. The Morgan fingerprint density at radius 3 is 2.66 bits per heavy atom. The van der Waals surface area contributed by atoms with Crippen LogP contribution in [0, 0.1) is 11.8 Å². The standard InChI is InChI=1S/C23H37N3O2.HI/c1-2-24-23(25-12-6-15-27-18-22-11-16-28-19-22)26-13-9-21(10-14-26)17-20-7-4-3-5-8-20;/h3-5,7-8,21-22H,2,6,9-19H2,1H3,(H,24,25);1H. The number of piperidine rings is 1. The Morgan fingerprint density at radius 1 is 1.17 bits per heavy atom. The van der Waals surface area contributed by atoms with Crippen LogP contribution < -0.4 is 5.32 Å². The van der Waals surface area contributed by atoms with Crippen molar-refractivity contribution in [3.8, 4) is 0 Å². The quantitative estimate of drug-likeness (QED) is 0.234. The molecule has 2 fully saturated rings. The summed E-state index contributed by atoms with van der Waals surface area (Å²) in [6.45, 7) is 9.47. The van der Waals surface area contributed by atoms with E-state index < -0.39 is 0 Å². The number of likely N-dealkylation sites (tertiary alicyclic amines) is 1. The van der Waals surface area contributed by atoms with Crippen LogP contribution in [0.4, 0.5) is 0 Å². The predicted molar refractivity (Wildman–Crippen MR) is 130 cm³/mol. The second-order valence-corrected chi connectivity index (χ2v) is 8.01. The van der Waals surface area contributed by atoms with Crippen molar-refractivity contribution in [2.75, 3.05) is 52.6 Å². The van der Waals surface area contributed by atoms with Gasteiger partial charge < -0.3 is 19.7 Å². The van der Waals surface area contributed by atoms with E-state index in [1.807, 2.05) is 0 Å². The molecule has 164 valence electrons. The van der Waals surface area contributed by atoms with Crippen molar-refractivity contribution < 1.29 is 9.47 Å². The maximum absolute atomic E-state index is 5.79. The molecule has 29 heavy (non-hydrogen) atoms. The van der Waals surface area contributed by atoms with E-state index >= 15 is 0 Å². The van der Waals surface area contributed by atoms with Crippen molar-refractivity contribution in [1.82, 2.24) is 10.2 Å². The van der Waals surface area contributed by atoms with Crippen LogP contribution in [-0.2, 0) is 15.9 Å². The molecule has 1 aromatic rings. The third-order valence-corrected chi connectivity index (χ3v) is 5.70.